The summed E-state index contributed by atoms with van der Waals surface area (Å²) in [4.78, 5) is 0. The van der Waals surface area contributed by atoms with Crippen molar-refractivity contribution < 1.29 is 4.74 Å². The zero-order valence-electron chi connectivity index (χ0n) is 18.3. The molecule has 0 bridgehead atoms. The second-order valence-corrected chi connectivity index (χ2v) is 8.23. The minimum absolute atomic E-state index is 0.723. The van der Waals surface area contributed by atoms with Crippen LogP contribution in [0.1, 0.15) is 117 Å². The summed E-state index contributed by atoms with van der Waals surface area (Å²) in [5.74, 6) is 1.72. The van der Waals surface area contributed by atoms with E-state index in [0.717, 1.165) is 18.3 Å². The second kappa shape index (κ2) is 18.4. The first-order valence-electron chi connectivity index (χ1n) is 12.0. The molecule has 1 atom stereocenters. The number of rotatable bonds is 19. The van der Waals surface area contributed by atoms with E-state index in [9.17, 15) is 0 Å². The van der Waals surface area contributed by atoms with Gasteiger partial charge in [-0.1, -0.05) is 116 Å². The van der Waals surface area contributed by atoms with Gasteiger partial charge in [0.1, 0.15) is 5.75 Å². The average Bonchev–Trinajstić information content (AvgIpc) is 2.70. The predicted octanol–water partition coefficient (Wildman–Crippen LogP) is 8.76. The summed E-state index contributed by atoms with van der Waals surface area (Å²) >= 11 is 0. The van der Waals surface area contributed by atoms with Crippen LogP contribution < -0.4 is 4.74 Å². The van der Waals surface area contributed by atoms with Crippen molar-refractivity contribution in [3.63, 3.8) is 0 Å². The normalized spacial score (nSPS) is 12.2. The third-order valence-corrected chi connectivity index (χ3v) is 5.61. The molecule has 0 aromatic heterocycles. The lowest BCUT2D eigenvalue weighted by molar-refractivity contribution is 0.224. The molecule has 0 aliphatic heterocycles. The van der Waals surface area contributed by atoms with Gasteiger partial charge in [0.25, 0.3) is 0 Å². The van der Waals surface area contributed by atoms with Gasteiger partial charge in [-0.2, -0.15) is 0 Å². The molecule has 1 aromatic rings. The molecule has 1 aromatic carbocycles. The van der Waals surface area contributed by atoms with E-state index in [4.69, 9.17) is 4.74 Å². The SMILES string of the molecule is CCCCCCCCCCC(CCCCCCCC)COc1cc[c]cc1. The zero-order valence-corrected chi connectivity index (χ0v) is 18.3. The maximum Gasteiger partial charge on any atom is 0.119 e. The highest BCUT2D eigenvalue weighted by molar-refractivity contribution is 5.20. The van der Waals surface area contributed by atoms with Crippen molar-refractivity contribution in [2.24, 2.45) is 5.92 Å². The summed E-state index contributed by atoms with van der Waals surface area (Å²) in [6.07, 6.45) is 22.2. The number of hydrogen-bond donors (Lipinski definition) is 0. The first kappa shape index (κ1) is 24.1. The minimum atomic E-state index is 0.723. The fourth-order valence-corrected chi connectivity index (χ4v) is 3.77. The molecule has 1 rings (SSSR count). The fourth-order valence-electron chi connectivity index (χ4n) is 3.77. The third kappa shape index (κ3) is 14.7. The standard InChI is InChI=1S/C26H45O/c1-3-5-7-9-11-12-14-17-21-25(20-16-13-10-8-6-4-2)24-27-26-22-18-15-19-23-26/h18-19,22-23,25H,3-14,16-17,20-21,24H2,1-2H3. The van der Waals surface area contributed by atoms with E-state index >= 15 is 0 Å². The van der Waals surface area contributed by atoms with Crippen molar-refractivity contribution in [1.82, 2.24) is 0 Å². The van der Waals surface area contributed by atoms with E-state index in [0.29, 0.717) is 0 Å². The summed E-state index contributed by atoms with van der Waals surface area (Å²) in [6.45, 7) is 5.47. The zero-order chi connectivity index (χ0) is 19.4. The van der Waals surface area contributed by atoms with Gasteiger partial charge >= 0.3 is 0 Å². The van der Waals surface area contributed by atoms with Crippen molar-refractivity contribution >= 4 is 0 Å². The maximum absolute atomic E-state index is 6.07. The van der Waals surface area contributed by atoms with Crippen LogP contribution in [0.15, 0.2) is 24.3 Å². The molecule has 155 valence electrons. The quantitative estimate of drug-likeness (QED) is 0.220. The molecule has 0 spiro atoms. The Bertz CT molecular complexity index is 400. The van der Waals surface area contributed by atoms with Crippen LogP contribution in [0.5, 0.6) is 5.75 Å². The van der Waals surface area contributed by atoms with Crippen LogP contribution in [-0.4, -0.2) is 6.61 Å². The Kier molecular flexibility index (Phi) is 16.4. The van der Waals surface area contributed by atoms with Crippen molar-refractivity contribution in [3.8, 4) is 5.75 Å². The molecule has 1 radical (unpaired) electrons. The van der Waals surface area contributed by atoms with Gasteiger partial charge in [0.2, 0.25) is 0 Å². The largest absolute Gasteiger partial charge is 0.493 e. The van der Waals surface area contributed by atoms with Crippen LogP contribution in [0.25, 0.3) is 0 Å². The molecule has 0 saturated carbocycles. The molecule has 1 unspecified atom stereocenters. The smallest absolute Gasteiger partial charge is 0.119 e. The molecule has 0 fully saturated rings. The van der Waals surface area contributed by atoms with Gasteiger partial charge in [0, 0.05) is 0 Å². The van der Waals surface area contributed by atoms with Crippen LogP contribution in [0, 0.1) is 12.0 Å². The summed E-state index contributed by atoms with van der Waals surface area (Å²) in [7, 11) is 0. The first-order chi connectivity index (χ1) is 13.4. The van der Waals surface area contributed by atoms with Gasteiger partial charge in [-0.05, 0) is 37.0 Å². The highest BCUT2D eigenvalue weighted by Crippen LogP contribution is 2.21. The molecule has 27 heavy (non-hydrogen) atoms. The number of hydrogen-bond acceptors (Lipinski definition) is 1. The maximum atomic E-state index is 6.07. The van der Waals surface area contributed by atoms with Gasteiger partial charge in [-0.25, -0.2) is 0 Å². The van der Waals surface area contributed by atoms with E-state index in [-0.39, 0.29) is 0 Å². The summed E-state index contributed by atoms with van der Waals surface area (Å²) in [5, 5.41) is 0. The van der Waals surface area contributed by atoms with Crippen molar-refractivity contribution in [3.05, 3.63) is 30.3 Å². The lowest BCUT2D eigenvalue weighted by Crippen LogP contribution is -2.12. The highest BCUT2D eigenvalue weighted by atomic mass is 16.5. The van der Waals surface area contributed by atoms with Crippen LogP contribution in [0.3, 0.4) is 0 Å². The molecular formula is C26H45O. The van der Waals surface area contributed by atoms with Crippen molar-refractivity contribution in [1.29, 1.82) is 0 Å². The molecule has 1 nitrogen and oxygen atoms in total. The third-order valence-electron chi connectivity index (χ3n) is 5.61. The molecule has 0 heterocycles. The Balaban J connectivity index is 2.19. The van der Waals surface area contributed by atoms with E-state index in [1.165, 1.54) is 103 Å². The summed E-state index contributed by atoms with van der Waals surface area (Å²) < 4.78 is 6.07. The van der Waals surface area contributed by atoms with Crippen molar-refractivity contribution in [2.75, 3.05) is 6.61 Å². The number of unbranched alkanes of at least 4 members (excludes halogenated alkanes) is 12. The first-order valence-corrected chi connectivity index (χ1v) is 12.0. The summed E-state index contributed by atoms with van der Waals surface area (Å²) in [6, 6.07) is 11.0. The fraction of sp³-hybridized carbons (Fsp3) is 0.769. The van der Waals surface area contributed by atoms with E-state index in [1.54, 1.807) is 0 Å². The minimum Gasteiger partial charge on any atom is -0.493 e. The van der Waals surface area contributed by atoms with Crippen LogP contribution in [-0.2, 0) is 0 Å². The van der Waals surface area contributed by atoms with E-state index in [1.807, 2.05) is 24.3 Å². The Hall–Kier alpha value is -0.980. The Morgan fingerprint density at radius 3 is 1.59 bits per heavy atom. The Morgan fingerprint density at radius 2 is 1.11 bits per heavy atom. The van der Waals surface area contributed by atoms with Gasteiger partial charge < -0.3 is 4.74 Å². The molecule has 0 aliphatic rings. The average molecular weight is 374 g/mol. The van der Waals surface area contributed by atoms with Crippen molar-refractivity contribution in [2.45, 2.75) is 117 Å². The van der Waals surface area contributed by atoms with E-state index in [2.05, 4.69) is 19.9 Å². The van der Waals surface area contributed by atoms with Crippen LogP contribution >= 0.6 is 0 Å². The molecular weight excluding hydrogens is 328 g/mol. The molecule has 0 N–H and O–H groups in total. The van der Waals surface area contributed by atoms with Gasteiger partial charge in [-0.15, -0.1) is 0 Å². The lowest BCUT2D eigenvalue weighted by atomic mass is 9.94. The predicted molar refractivity (Wildman–Crippen MR) is 119 cm³/mol. The Morgan fingerprint density at radius 1 is 0.667 bits per heavy atom. The number of ether oxygens (including phenoxy) is 1. The van der Waals surface area contributed by atoms with Crippen LogP contribution in [0.4, 0.5) is 0 Å². The second-order valence-electron chi connectivity index (χ2n) is 8.23. The Labute approximate surface area is 170 Å². The molecule has 0 aliphatic carbocycles. The number of benzene rings is 1. The van der Waals surface area contributed by atoms with E-state index < -0.39 is 0 Å². The molecule has 0 saturated heterocycles. The van der Waals surface area contributed by atoms with Gasteiger partial charge in [0.15, 0.2) is 0 Å². The van der Waals surface area contributed by atoms with Gasteiger partial charge in [0.05, 0.1) is 6.61 Å². The van der Waals surface area contributed by atoms with Crippen LogP contribution in [0.2, 0.25) is 0 Å². The summed E-state index contributed by atoms with van der Waals surface area (Å²) in [5.41, 5.74) is 0. The molecule has 1 heteroatoms. The topological polar surface area (TPSA) is 9.23 Å². The lowest BCUT2D eigenvalue weighted by Gasteiger charge is -2.18. The monoisotopic (exact) mass is 373 g/mol. The molecule has 0 amide bonds. The highest BCUT2D eigenvalue weighted by Gasteiger charge is 2.10. The van der Waals surface area contributed by atoms with Gasteiger partial charge in [-0.3, -0.25) is 0 Å².